The fourth-order valence-electron chi connectivity index (χ4n) is 3.36. The Kier molecular flexibility index (Phi) is 5.04. The van der Waals surface area contributed by atoms with Crippen LogP contribution in [0.25, 0.3) is 11.1 Å². The molecular formula is C19H23N5O3. The smallest absolute Gasteiger partial charge is 0.317 e. The summed E-state index contributed by atoms with van der Waals surface area (Å²) in [5, 5.41) is 6.84. The Labute approximate surface area is 156 Å². The third-order valence-electron chi connectivity index (χ3n) is 4.81. The highest BCUT2D eigenvalue weighted by molar-refractivity contribution is 5.74. The first-order valence-corrected chi connectivity index (χ1v) is 9.42. The largest absolute Gasteiger partial charge is 0.440 e. The normalized spacial score (nSPS) is 17.4. The number of benzene rings is 1. The lowest BCUT2D eigenvalue weighted by molar-refractivity contribution is 0.175. The predicted octanol–water partition coefficient (Wildman–Crippen LogP) is 2.90. The Morgan fingerprint density at radius 3 is 3.04 bits per heavy atom. The van der Waals surface area contributed by atoms with Crippen molar-refractivity contribution in [1.29, 1.82) is 0 Å². The van der Waals surface area contributed by atoms with Crippen LogP contribution >= 0.6 is 0 Å². The van der Waals surface area contributed by atoms with E-state index < -0.39 is 0 Å². The van der Waals surface area contributed by atoms with Crippen molar-refractivity contribution in [1.82, 2.24) is 25.3 Å². The van der Waals surface area contributed by atoms with E-state index in [1.54, 1.807) is 0 Å². The van der Waals surface area contributed by atoms with Gasteiger partial charge >= 0.3 is 6.03 Å². The SMILES string of the molecule is CCc1nc(CCNC(=O)N2CCC[C@H](c3nc4ccccc4o3)C2)no1. The van der Waals surface area contributed by atoms with E-state index in [1.807, 2.05) is 36.1 Å². The summed E-state index contributed by atoms with van der Waals surface area (Å²) in [5.41, 5.74) is 1.65. The first-order valence-electron chi connectivity index (χ1n) is 9.42. The number of likely N-dealkylation sites (tertiary alicyclic amines) is 1. The number of fused-ring (bicyclic) bond motifs is 1. The molecule has 0 aliphatic carbocycles. The van der Waals surface area contributed by atoms with Gasteiger partial charge in [0, 0.05) is 32.5 Å². The average Bonchev–Trinajstić information content (AvgIpc) is 3.34. The standard InChI is InChI=1S/C19H23N5O3/c1-2-17-22-16(23-27-17)9-10-20-19(25)24-11-5-6-13(12-24)18-21-14-7-3-4-8-15(14)26-18/h3-4,7-8,13H,2,5-6,9-12H2,1H3,(H,20,25)/t13-/m0/s1. The zero-order chi connectivity index (χ0) is 18.6. The number of hydrogen-bond donors (Lipinski definition) is 1. The Hall–Kier alpha value is -2.90. The maximum absolute atomic E-state index is 12.5. The van der Waals surface area contributed by atoms with Gasteiger partial charge in [-0.2, -0.15) is 4.98 Å². The van der Waals surface area contributed by atoms with Crippen LogP contribution in [0.5, 0.6) is 0 Å². The summed E-state index contributed by atoms with van der Waals surface area (Å²) in [6, 6.07) is 7.67. The van der Waals surface area contributed by atoms with E-state index in [9.17, 15) is 4.79 Å². The lowest BCUT2D eigenvalue weighted by Crippen LogP contribution is -2.45. The molecular weight excluding hydrogens is 346 g/mol. The Bertz CT molecular complexity index is 886. The summed E-state index contributed by atoms with van der Waals surface area (Å²) in [7, 11) is 0. The zero-order valence-electron chi connectivity index (χ0n) is 15.4. The second-order valence-electron chi connectivity index (χ2n) is 6.74. The zero-order valence-corrected chi connectivity index (χ0v) is 15.4. The summed E-state index contributed by atoms with van der Waals surface area (Å²) in [6.07, 6.45) is 3.17. The van der Waals surface area contributed by atoms with E-state index in [-0.39, 0.29) is 11.9 Å². The number of oxazole rings is 1. The summed E-state index contributed by atoms with van der Waals surface area (Å²) in [5.74, 6) is 2.08. The van der Waals surface area contributed by atoms with Gasteiger partial charge in [0.2, 0.25) is 5.89 Å². The van der Waals surface area contributed by atoms with Crippen molar-refractivity contribution in [3.05, 3.63) is 41.9 Å². The number of piperidine rings is 1. The molecule has 1 atom stereocenters. The fraction of sp³-hybridized carbons (Fsp3) is 0.474. The van der Waals surface area contributed by atoms with Crippen LogP contribution in [0.15, 0.2) is 33.2 Å². The van der Waals surface area contributed by atoms with Crippen LogP contribution in [0, 0.1) is 0 Å². The minimum Gasteiger partial charge on any atom is -0.440 e. The number of carbonyl (C=O) groups is 1. The molecule has 2 aromatic heterocycles. The van der Waals surface area contributed by atoms with Crippen molar-refractivity contribution in [2.75, 3.05) is 19.6 Å². The van der Waals surface area contributed by atoms with Crippen molar-refractivity contribution in [3.63, 3.8) is 0 Å². The monoisotopic (exact) mass is 369 g/mol. The molecule has 2 amide bonds. The van der Waals surface area contributed by atoms with E-state index in [2.05, 4.69) is 20.4 Å². The van der Waals surface area contributed by atoms with Crippen molar-refractivity contribution in [2.24, 2.45) is 0 Å². The number of urea groups is 1. The molecule has 0 radical (unpaired) electrons. The minimum absolute atomic E-state index is 0.0741. The van der Waals surface area contributed by atoms with E-state index in [4.69, 9.17) is 8.94 Å². The first kappa shape index (κ1) is 17.5. The van der Waals surface area contributed by atoms with E-state index in [0.717, 1.165) is 30.5 Å². The molecule has 3 aromatic rings. The topological polar surface area (TPSA) is 97.3 Å². The van der Waals surface area contributed by atoms with E-state index >= 15 is 0 Å². The molecule has 0 saturated carbocycles. The Balaban J connectivity index is 1.32. The van der Waals surface area contributed by atoms with Gasteiger partial charge in [-0.15, -0.1) is 0 Å². The van der Waals surface area contributed by atoms with Crippen LogP contribution < -0.4 is 5.32 Å². The lowest BCUT2D eigenvalue weighted by Gasteiger charge is -2.31. The number of aromatic nitrogens is 3. The Morgan fingerprint density at radius 2 is 2.22 bits per heavy atom. The molecule has 142 valence electrons. The van der Waals surface area contributed by atoms with Crippen LogP contribution in [-0.2, 0) is 12.8 Å². The molecule has 27 heavy (non-hydrogen) atoms. The number of hydrogen-bond acceptors (Lipinski definition) is 6. The van der Waals surface area contributed by atoms with Crippen LogP contribution in [0.4, 0.5) is 4.79 Å². The molecule has 1 aromatic carbocycles. The number of nitrogens with zero attached hydrogens (tertiary/aromatic N) is 4. The van der Waals surface area contributed by atoms with Gasteiger partial charge < -0.3 is 19.2 Å². The third-order valence-corrected chi connectivity index (χ3v) is 4.81. The molecule has 1 aliphatic rings. The number of aryl methyl sites for hydroxylation is 1. The Morgan fingerprint density at radius 1 is 1.33 bits per heavy atom. The molecule has 0 spiro atoms. The maximum atomic E-state index is 12.5. The molecule has 1 saturated heterocycles. The first-order chi connectivity index (χ1) is 13.2. The molecule has 1 aliphatic heterocycles. The molecule has 1 fully saturated rings. The number of rotatable bonds is 5. The number of para-hydroxylation sites is 2. The van der Waals surface area contributed by atoms with Crippen molar-refractivity contribution < 1.29 is 13.7 Å². The summed E-state index contributed by atoms with van der Waals surface area (Å²) in [6.45, 7) is 3.79. The van der Waals surface area contributed by atoms with Gasteiger partial charge in [-0.05, 0) is 25.0 Å². The van der Waals surface area contributed by atoms with Crippen LogP contribution in [0.1, 0.15) is 43.3 Å². The molecule has 0 unspecified atom stereocenters. The average molecular weight is 369 g/mol. The van der Waals surface area contributed by atoms with E-state index in [0.29, 0.717) is 43.5 Å². The maximum Gasteiger partial charge on any atom is 0.317 e. The summed E-state index contributed by atoms with van der Waals surface area (Å²) < 4.78 is 11.0. The highest BCUT2D eigenvalue weighted by Crippen LogP contribution is 2.28. The molecule has 1 N–H and O–H groups in total. The van der Waals surface area contributed by atoms with E-state index in [1.165, 1.54) is 0 Å². The number of nitrogens with one attached hydrogen (secondary N) is 1. The van der Waals surface area contributed by atoms with Crippen LogP contribution in [0.2, 0.25) is 0 Å². The predicted molar refractivity (Wildman–Crippen MR) is 98.3 cm³/mol. The van der Waals surface area contributed by atoms with Gasteiger partial charge in [-0.25, -0.2) is 9.78 Å². The van der Waals surface area contributed by atoms with Gasteiger partial charge in [-0.3, -0.25) is 0 Å². The highest BCUT2D eigenvalue weighted by Gasteiger charge is 2.28. The van der Waals surface area contributed by atoms with Crippen LogP contribution in [0.3, 0.4) is 0 Å². The second-order valence-corrected chi connectivity index (χ2v) is 6.74. The van der Waals surface area contributed by atoms with Gasteiger partial charge in [0.05, 0.1) is 5.92 Å². The van der Waals surface area contributed by atoms with Crippen molar-refractivity contribution >= 4 is 17.1 Å². The minimum atomic E-state index is -0.0741. The second kappa shape index (κ2) is 7.77. The van der Waals surface area contributed by atoms with Crippen LogP contribution in [-0.4, -0.2) is 45.7 Å². The lowest BCUT2D eigenvalue weighted by atomic mass is 9.98. The molecule has 4 rings (SSSR count). The number of amides is 2. The van der Waals surface area contributed by atoms with Crippen molar-refractivity contribution in [2.45, 2.75) is 38.5 Å². The molecule has 0 bridgehead atoms. The molecule has 8 heteroatoms. The highest BCUT2D eigenvalue weighted by atomic mass is 16.5. The van der Waals surface area contributed by atoms with Crippen molar-refractivity contribution in [3.8, 4) is 0 Å². The molecule has 3 heterocycles. The van der Waals surface area contributed by atoms with Gasteiger partial charge in [0.25, 0.3) is 0 Å². The third kappa shape index (κ3) is 3.94. The number of carbonyl (C=O) groups excluding carboxylic acids is 1. The van der Waals surface area contributed by atoms with Gasteiger partial charge in [-0.1, -0.05) is 24.2 Å². The quantitative estimate of drug-likeness (QED) is 0.743. The van der Waals surface area contributed by atoms with Gasteiger partial charge in [0.15, 0.2) is 17.3 Å². The fourth-order valence-corrected chi connectivity index (χ4v) is 3.36. The van der Waals surface area contributed by atoms with Gasteiger partial charge in [0.1, 0.15) is 5.52 Å². The molecule has 8 nitrogen and oxygen atoms in total. The summed E-state index contributed by atoms with van der Waals surface area (Å²) >= 11 is 0. The summed E-state index contributed by atoms with van der Waals surface area (Å²) in [4.78, 5) is 23.2.